The Morgan fingerprint density at radius 2 is 1.60 bits per heavy atom. The molecule has 134 valence electrons. The van der Waals surface area contributed by atoms with Gasteiger partial charge in [-0.1, -0.05) is 30.3 Å². The Morgan fingerprint density at radius 3 is 2.12 bits per heavy atom. The van der Waals surface area contributed by atoms with Crippen molar-refractivity contribution in [3.8, 4) is 0 Å². The van der Waals surface area contributed by atoms with Gasteiger partial charge in [-0.25, -0.2) is 19.3 Å². The molecule has 1 saturated heterocycles. The van der Waals surface area contributed by atoms with Crippen LogP contribution < -0.4 is 0 Å². The van der Waals surface area contributed by atoms with Crippen LogP contribution in [0, 0.1) is 0 Å². The van der Waals surface area contributed by atoms with Gasteiger partial charge in [-0.05, 0) is 19.4 Å². The average Bonchev–Trinajstić information content (AvgIpc) is 2.84. The minimum Gasteiger partial charge on any atom is -0.464 e. The largest absolute Gasteiger partial charge is 0.464 e. The van der Waals surface area contributed by atoms with Crippen LogP contribution in [0.15, 0.2) is 30.3 Å². The van der Waals surface area contributed by atoms with Crippen molar-refractivity contribution in [2.45, 2.75) is 26.4 Å². The first-order valence-electron chi connectivity index (χ1n) is 7.97. The number of rotatable bonds is 7. The fourth-order valence-corrected chi connectivity index (χ4v) is 2.50. The number of carbonyl (C=O) groups is 4. The van der Waals surface area contributed by atoms with Crippen LogP contribution in [0.1, 0.15) is 19.4 Å². The molecule has 1 heterocycles. The van der Waals surface area contributed by atoms with E-state index in [1.165, 1.54) is 4.90 Å². The SMILES string of the molecule is CCOC(=O)C(C(=O)OCC)N1C(=O)CN(Cc2ccccc2)C1=O. The molecule has 1 aromatic carbocycles. The number of ether oxygens (including phenoxy) is 2. The summed E-state index contributed by atoms with van der Waals surface area (Å²) >= 11 is 0. The summed E-state index contributed by atoms with van der Waals surface area (Å²) in [5.41, 5.74) is 0.828. The molecule has 0 saturated carbocycles. The van der Waals surface area contributed by atoms with E-state index >= 15 is 0 Å². The molecular formula is C17H20N2O6. The summed E-state index contributed by atoms with van der Waals surface area (Å²) in [6.07, 6.45) is 0. The fourth-order valence-electron chi connectivity index (χ4n) is 2.50. The number of hydrogen-bond acceptors (Lipinski definition) is 6. The summed E-state index contributed by atoms with van der Waals surface area (Å²) in [6.45, 7) is 3.13. The standard InChI is InChI=1S/C17H20N2O6/c1-3-24-15(21)14(16(22)25-4-2)19-13(20)11-18(17(19)23)10-12-8-6-5-7-9-12/h5-9,14H,3-4,10-11H2,1-2H3. The van der Waals surface area contributed by atoms with E-state index in [1.54, 1.807) is 13.8 Å². The highest BCUT2D eigenvalue weighted by molar-refractivity contribution is 6.11. The first kappa shape index (κ1) is 18.4. The van der Waals surface area contributed by atoms with Gasteiger partial charge in [0.1, 0.15) is 6.54 Å². The first-order valence-corrected chi connectivity index (χ1v) is 7.97. The number of nitrogens with zero attached hydrogens (tertiary/aromatic N) is 2. The molecule has 0 aromatic heterocycles. The molecule has 0 aliphatic carbocycles. The number of hydrogen-bond donors (Lipinski definition) is 0. The number of urea groups is 1. The van der Waals surface area contributed by atoms with Crippen LogP contribution in [-0.4, -0.2) is 59.5 Å². The molecule has 0 bridgehead atoms. The topological polar surface area (TPSA) is 93.2 Å². The summed E-state index contributed by atoms with van der Waals surface area (Å²) in [5, 5.41) is 0. The minimum absolute atomic E-state index is 0.0126. The lowest BCUT2D eigenvalue weighted by Crippen LogP contribution is -2.51. The maximum atomic E-state index is 12.6. The predicted molar refractivity (Wildman–Crippen MR) is 86.1 cm³/mol. The van der Waals surface area contributed by atoms with Gasteiger partial charge in [-0.3, -0.25) is 4.79 Å². The lowest BCUT2D eigenvalue weighted by atomic mass is 10.2. The minimum atomic E-state index is -1.72. The van der Waals surface area contributed by atoms with E-state index in [2.05, 4.69) is 0 Å². The van der Waals surface area contributed by atoms with Crippen molar-refractivity contribution in [2.24, 2.45) is 0 Å². The third-order valence-electron chi connectivity index (χ3n) is 3.57. The molecule has 1 aliphatic rings. The zero-order valence-corrected chi connectivity index (χ0v) is 14.1. The van der Waals surface area contributed by atoms with Gasteiger partial charge in [0.05, 0.1) is 13.2 Å². The van der Waals surface area contributed by atoms with E-state index in [4.69, 9.17) is 9.47 Å². The zero-order valence-electron chi connectivity index (χ0n) is 14.1. The van der Waals surface area contributed by atoms with Gasteiger partial charge in [0.2, 0.25) is 6.04 Å². The van der Waals surface area contributed by atoms with Crippen molar-refractivity contribution in [1.29, 1.82) is 0 Å². The van der Waals surface area contributed by atoms with Crippen molar-refractivity contribution < 1.29 is 28.7 Å². The van der Waals surface area contributed by atoms with E-state index in [9.17, 15) is 19.2 Å². The second-order valence-corrected chi connectivity index (χ2v) is 5.29. The number of imide groups is 1. The van der Waals surface area contributed by atoms with Crippen LogP contribution in [0.3, 0.4) is 0 Å². The zero-order chi connectivity index (χ0) is 18.4. The second-order valence-electron chi connectivity index (χ2n) is 5.29. The Bertz CT molecular complexity index is 642. The Morgan fingerprint density at radius 1 is 1.04 bits per heavy atom. The number of benzene rings is 1. The van der Waals surface area contributed by atoms with Crippen LogP contribution in [0.25, 0.3) is 0 Å². The lowest BCUT2D eigenvalue weighted by molar-refractivity contribution is -0.164. The van der Waals surface area contributed by atoms with Crippen LogP contribution in [-0.2, 0) is 30.4 Å². The maximum absolute atomic E-state index is 12.6. The molecule has 8 nitrogen and oxygen atoms in total. The van der Waals surface area contributed by atoms with Gasteiger partial charge in [0, 0.05) is 6.54 Å². The van der Waals surface area contributed by atoms with Gasteiger partial charge < -0.3 is 14.4 Å². The Kier molecular flexibility index (Phi) is 6.10. The van der Waals surface area contributed by atoms with Gasteiger partial charge >= 0.3 is 18.0 Å². The Labute approximate surface area is 145 Å². The van der Waals surface area contributed by atoms with Crippen LogP contribution in [0.5, 0.6) is 0 Å². The third-order valence-corrected chi connectivity index (χ3v) is 3.57. The van der Waals surface area contributed by atoms with Crippen molar-refractivity contribution in [2.75, 3.05) is 19.8 Å². The number of esters is 2. The molecule has 1 aliphatic heterocycles. The van der Waals surface area contributed by atoms with Crippen molar-refractivity contribution in [3.05, 3.63) is 35.9 Å². The van der Waals surface area contributed by atoms with Crippen LogP contribution in [0.4, 0.5) is 4.79 Å². The van der Waals surface area contributed by atoms with Gasteiger partial charge in [0.15, 0.2) is 0 Å². The monoisotopic (exact) mass is 348 g/mol. The molecule has 1 fully saturated rings. The highest BCUT2D eigenvalue weighted by Crippen LogP contribution is 2.19. The van der Waals surface area contributed by atoms with Crippen molar-refractivity contribution in [3.63, 3.8) is 0 Å². The molecule has 0 unspecified atom stereocenters. The van der Waals surface area contributed by atoms with Gasteiger partial charge in [-0.2, -0.15) is 0 Å². The molecular weight excluding hydrogens is 328 g/mol. The van der Waals surface area contributed by atoms with E-state index in [-0.39, 0.29) is 26.3 Å². The summed E-state index contributed by atoms with van der Waals surface area (Å²) in [4.78, 5) is 51.0. The summed E-state index contributed by atoms with van der Waals surface area (Å²) in [7, 11) is 0. The molecule has 0 N–H and O–H groups in total. The highest BCUT2D eigenvalue weighted by Gasteiger charge is 2.48. The average molecular weight is 348 g/mol. The van der Waals surface area contributed by atoms with Crippen LogP contribution >= 0.6 is 0 Å². The van der Waals surface area contributed by atoms with Gasteiger partial charge in [0.25, 0.3) is 5.91 Å². The van der Waals surface area contributed by atoms with Crippen LogP contribution in [0.2, 0.25) is 0 Å². The normalized spacial score (nSPS) is 14.2. The van der Waals surface area contributed by atoms with Crippen molar-refractivity contribution in [1.82, 2.24) is 9.80 Å². The lowest BCUT2D eigenvalue weighted by Gasteiger charge is -2.23. The van der Waals surface area contributed by atoms with Crippen molar-refractivity contribution >= 4 is 23.9 Å². The highest BCUT2D eigenvalue weighted by atomic mass is 16.6. The maximum Gasteiger partial charge on any atom is 0.341 e. The first-order chi connectivity index (χ1) is 12.0. The summed E-state index contributed by atoms with van der Waals surface area (Å²) in [5.74, 6) is -2.61. The number of carbonyl (C=O) groups excluding carboxylic acids is 4. The number of amides is 3. The summed E-state index contributed by atoms with van der Waals surface area (Å²) in [6, 6.07) is 6.65. The molecule has 8 heteroatoms. The van der Waals surface area contributed by atoms with E-state index in [0.717, 1.165) is 5.56 Å². The fraction of sp³-hybridized carbons (Fsp3) is 0.412. The van der Waals surface area contributed by atoms with E-state index in [1.807, 2.05) is 30.3 Å². The predicted octanol–water partition coefficient (Wildman–Crippen LogP) is 0.946. The smallest absolute Gasteiger partial charge is 0.341 e. The molecule has 3 amide bonds. The quantitative estimate of drug-likeness (QED) is 0.414. The molecule has 0 radical (unpaired) electrons. The second kappa shape index (κ2) is 8.27. The molecule has 0 atom stereocenters. The van der Waals surface area contributed by atoms with E-state index in [0.29, 0.717) is 4.90 Å². The van der Waals surface area contributed by atoms with E-state index < -0.39 is 29.9 Å². The Balaban J connectivity index is 2.22. The molecule has 1 aromatic rings. The van der Waals surface area contributed by atoms with Gasteiger partial charge in [-0.15, -0.1) is 0 Å². The summed E-state index contributed by atoms with van der Waals surface area (Å²) < 4.78 is 9.66. The molecule has 2 rings (SSSR count). The molecule has 25 heavy (non-hydrogen) atoms. The molecule has 0 spiro atoms. The third kappa shape index (κ3) is 4.14. The Hall–Kier alpha value is -2.90.